The summed E-state index contributed by atoms with van der Waals surface area (Å²) in [5.74, 6) is 0.235. The number of thioether (sulfide) groups is 1. The number of unbranched alkanes of at least 4 members (excludes halogenated alkanes) is 1. The Hall–Kier alpha value is -2.80. The summed E-state index contributed by atoms with van der Waals surface area (Å²) in [6.07, 6.45) is -1.75. The Morgan fingerprint density at radius 1 is 1.32 bits per heavy atom. The highest BCUT2D eigenvalue weighted by atomic mass is 32.2. The number of fused-ring (bicyclic) bond motifs is 2. The van der Waals surface area contributed by atoms with Crippen LogP contribution in [0.2, 0.25) is 0 Å². The molecule has 15 nitrogen and oxygen atoms in total. The third-order valence-corrected chi connectivity index (χ3v) is 9.31. The summed E-state index contributed by atoms with van der Waals surface area (Å²) in [5, 5.41) is 16.3. The van der Waals surface area contributed by atoms with Crippen LogP contribution < -0.4 is 25.8 Å². The predicted molar refractivity (Wildman–Crippen MR) is 134 cm³/mol. The SMILES string of the molecule is Nc1ncnc2c1ncn2[C@@H]1O[C@H](CNS(=O)(=O)NC(=O)CCCC[C@H]2SCC3NC(=O)NC32)[C@@H](O)[C@H]1F. The number of nitrogens with zero attached hydrogens (tertiary/aromatic N) is 4. The molecule has 18 heteroatoms. The quantitative estimate of drug-likeness (QED) is 0.145. The van der Waals surface area contributed by atoms with E-state index in [1.54, 1.807) is 11.8 Å². The van der Waals surface area contributed by atoms with Crippen molar-refractivity contribution in [2.45, 2.75) is 67.6 Å². The number of anilines is 1. The molecule has 3 saturated heterocycles. The Morgan fingerprint density at radius 2 is 2.13 bits per heavy atom. The number of imidazole rings is 1. The number of aliphatic hydroxyl groups is 1. The van der Waals surface area contributed by atoms with E-state index in [9.17, 15) is 27.5 Å². The lowest BCUT2D eigenvalue weighted by Crippen LogP contribution is -2.45. The minimum atomic E-state index is -4.27. The van der Waals surface area contributed by atoms with Crippen molar-refractivity contribution in [2.24, 2.45) is 0 Å². The summed E-state index contributed by atoms with van der Waals surface area (Å²) in [5.41, 5.74) is 6.17. The van der Waals surface area contributed by atoms with Crippen LogP contribution in [-0.4, -0.2) is 93.0 Å². The second kappa shape index (κ2) is 10.8. The number of carbonyl (C=O) groups is 2. The number of hydrogen-bond acceptors (Lipinski definition) is 11. The molecule has 3 amide bonds. The van der Waals surface area contributed by atoms with Gasteiger partial charge in [0.1, 0.15) is 24.1 Å². The highest BCUT2D eigenvalue weighted by Gasteiger charge is 2.46. The maximum Gasteiger partial charge on any atom is 0.315 e. The summed E-state index contributed by atoms with van der Waals surface area (Å²) < 4.78 is 50.4. The van der Waals surface area contributed by atoms with Crippen molar-refractivity contribution < 1.29 is 32.2 Å². The van der Waals surface area contributed by atoms with E-state index in [2.05, 4.69) is 30.3 Å². The highest BCUT2D eigenvalue weighted by Crippen LogP contribution is 2.34. The molecule has 0 spiro atoms. The van der Waals surface area contributed by atoms with Gasteiger partial charge in [0.05, 0.1) is 18.4 Å². The molecule has 7 atom stereocenters. The molecule has 2 unspecified atom stereocenters. The van der Waals surface area contributed by atoms with Crippen molar-refractivity contribution in [1.82, 2.24) is 39.6 Å². The Morgan fingerprint density at radius 3 is 2.95 bits per heavy atom. The van der Waals surface area contributed by atoms with Crippen molar-refractivity contribution in [3.8, 4) is 0 Å². The van der Waals surface area contributed by atoms with Gasteiger partial charge in [-0.2, -0.15) is 24.9 Å². The monoisotopic (exact) mass is 573 g/mol. The number of amides is 3. The zero-order chi connectivity index (χ0) is 27.0. The first-order chi connectivity index (χ1) is 18.1. The number of hydrogen-bond donors (Lipinski definition) is 6. The summed E-state index contributed by atoms with van der Waals surface area (Å²) in [6.45, 7) is -0.480. The summed E-state index contributed by atoms with van der Waals surface area (Å²) in [4.78, 5) is 35.5. The lowest BCUT2D eigenvalue weighted by Gasteiger charge is -2.17. The first-order valence-corrected chi connectivity index (χ1v) is 14.6. The van der Waals surface area contributed by atoms with Gasteiger partial charge in [-0.05, 0) is 12.8 Å². The number of alkyl halides is 1. The second-order valence-electron chi connectivity index (χ2n) is 9.33. The smallest absolute Gasteiger partial charge is 0.315 e. The van der Waals surface area contributed by atoms with Crippen molar-refractivity contribution in [1.29, 1.82) is 0 Å². The van der Waals surface area contributed by atoms with E-state index in [0.29, 0.717) is 12.8 Å². The molecule has 5 rings (SSSR count). The molecule has 3 aliphatic heterocycles. The summed E-state index contributed by atoms with van der Waals surface area (Å²) in [6, 6.07) is 0.0290. The average molecular weight is 574 g/mol. The van der Waals surface area contributed by atoms with E-state index in [-0.39, 0.29) is 46.8 Å². The zero-order valence-electron chi connectivity index (χ0n) is 20.0. The minimum Gasteiger partial charge on any atom is -0.387 e. The van der Waals surface area contributed by atoms with Gasteiger partial charge in [-0.1, -0.05) is 6.42 Å². The normalized spacial score (nSPS) is 30.8. The van der Waals surface area contributed by atoms with E-state index in [1.165, 1.54) is 17.2 Å². The maximum absolute atomic E-state index is 14.9. The van der Waals surface area contributed by atoms with Crippen LogP contribution in [0.5, 0.6) is 0 Å². The van der Waals surface area contributed by atoms with Gasteiger partial charge in [0, 0.05) is 24.0 Å². The molecule has 38 heavy (non-hydrogen) atoms. The number of carbonyl (C=O) groups excluding carboxylic acids is 2. The lowest BCUT2D eigenvalue weighted by atomic mass is 10.0. The van der Waals surface area contributed by atoms with E-state index in [4.69, 9.17) is 10.5 Å². The number of nitrogens with two attached hydrogens (primary N) is 1. The standard InChI is InChI=1S/C20H28FN9O6S2/c21-13-16(32)10(36-19(13)30-8-25-15-17(22)23-7-24-18(15)30)5-26-38(34,35)29-12(31)4-2-1-3-11-14-9(6-37-11)27-20(33)28-14/h7-11,13-14,16,19,26,32H,1-6H2,(H,29,31)(H2,22,23,24)(H2,27,28,33)/t9?,10-,11-,13-,14?,16-,19-/m1/s1. The molecular weight excluding hydrogens is 545 g/mol. The number of aromatic nitrogens is 4. The minimum absolute atomic E-state index is 0.00707. The van der Waals surface area contributed by atoms with Crippen LogP contribution >= 0.6 is 11.8 Å². The van der Waals surface area contributed by atoms with Crippen LogP contribution in [0.3, 0.4) is 0 Å². The van der Waals surface area contributed by atoms with Crippen LogP contribution in [0, 0.1) is 0 Å². The maximum atomic E-state index is 14.9. The fraction of sp³-hybridized carbons (Fsp3) is 0.650. The highest BCUT2D eigenvalue weighted by molar-refractivity contribution is 8.00. The van der Waals surface area contributed by atoms with Crippen molar-refractivity contribution in [2.75, 3.05) is 18.0 Å². The second-order valence-corrected chi connectivity index (χ2v) is 12.1. The largest absolute Gasteiger partial charge is 0.387 e. The number of rotatable bonds is 10. The Labute approximate surface area is 221 Å². The molecule has 2 aromatic rings. The zero-order valence-corrected chi connectivity index (χ0v) is 21.6. The van der Waals surface area contributed by atoms with Crippen molar-refractivity contribution in [3.05, 3.63) is 12.7 Å². The molecule has 2 aromatic heterocycles. The molecule has 0 radical (unpaired) electrons. The Bertz CT molecular complexity index is 1310. The topological polar surface area (TPSA) is 215 Å². The van der Waals surface area contributed by atoms with Gasteiger partial charge in [0.25, 0.3) is 0 Å². The fourth-order valence-electron chi connectivity index (χ4n) is 4.86. The average Bonchev–Trinajstić information content (AvgIpc) is 3.61. The lowest BCUT2D eigenvalue weighted by molar-refractivity contribution is -0.119. The number of halogens is 1. The third kappa shape index (κ3) is 5.49. The number of ether oxygens (including phenoxy) is 1. The molecule has 0 aromatic carbocycles. The molecule has 5 heterocycles. The summed E-state index contributed by atoms with van der Waals surface area (Å²) >= 11 is 1.76. The van der Waals surface area contributed by atoms with Gasteiger partial charge >= 0.3 is 16.2 Å². The van der Waals surface area contributed by atoms with Crippen LogP contribution in [0.4, 0.5) is 15.0 Å². The molecular formula is C20H28FN9O6S2. The molecule has 7 N–H and O–H groups in total. The van der Waals surface area contributed by atoms with Crippen LogP contribution in [0.15, 0.2) is 12.7 Å². The van der Waals surface area contributed by atoms with Crippen molar-refractivity contribution >= 4 is 50.9 Å². The van der Waals surface area contributed by atoms with E-state index >= 15 is 0 Å². The van der Waals surface area contributed by atoms with Gasteiger partial charge in [0.15, 0.2) is 23.9 Å². The van der Waals surface area contributed by atoms with Gasteiger partial charge in [-0.3, -0.25) is 9.36 Å². The fourth-order valence-corrected chi connectivity index (χ4v) is 7.26. The van der Waals surface area contributed by atoms with Crippen LogP contribution in [0.25, 0.3) is 11.2 Å². The molecule has 3 aliphatic rings. The van der Waals surface area contributed by atoms with Crippen LogP contribution in [-0.2, 0) is 19.7 Å². The third-order valence-electron chi connectivity index (χ3n) is 6.76. The van der Waals surface area contributed by atoms with Gasteiger partial charge < -0.3 is 26.2 Å². The molecule has 208 valence electrons. The molecule has 3 fully saturated rings. The molecule has 0 bridgehead atoms. The van der Waals surface area contributed by atoms with E-state index < -0.39 is 47.3 Å². The van der Waals surface area contributed by atoms with E-state index in [0.717, 1.165) is 12.2 Å². The molecule has 0 aliphatic carbocycles. The van der Waals surface area contributed by atoms with Crippen molar-refractivity contribution in [3.63, 3.8) is 0 Å². The van der Waals surface area contributed by atoms with Gasteiger partial charge in [-0.15, -0.1) is 0 Å². The number of urea groups is 1. The van der Waals surface area contributed by atoms with E-state index in [1.807, 2.05) is 4.72 Å². The Balaban J connectivity index is 1.07. The van der Waals surface area contributed by atoms with Crippen LogP contribution in [0.1, 0.15) is 31.9 Å². The van der Waals surface area contributed by atoms with Gasteiger partial charge in [-0.25, -0.2) is 28.9 Å². The number of aliphatic hydroxyl groups excluding tert-OH is 1. The first-order valence-electron chi connectivity index (χ1n) is 12.0. The first kappa shape index (κ1) is 26.8. The molecule has 0 saturated carbocycles. The predicted octanol–water partition coefficient (Wildman–Crippen LogP) is -1.32. The van der Waals surface area contributed by atoms with Gasteiger partial charge in [0.2, 0.25) is 5.91 Å². The number of nitrogen functional groups attached to an aromatic ring is 1. The Kier molecular flexibility index (Phi) is 7.58. The summed E-state index contributed by atoms with van der Waals surface area (Å²) in [7, 11) is -4.27. The number of nitrogens with one attached hydrogen (secondary N) is 4.